The van der Waals surface area contributed by atoms with Gasteiger partial charge in [-0.2, -0.15) is 0 Å². The first-order valence-corrected chi connectivity index (χ1v) is 7.00. The Labute approximate surface area is 128 Å². The Kier molecular flexibility index (Phi) is 7.52. The van der Waals surface area contributed by atoms with Crippen LogP contribution in [0.3, 0.4) is 0 Å². The first-order chi connectivity index (χ1) is 8.75. The molecule has 20 heavy (non-hydrogen) atoms. The minimum absolute atomic E-state index is 0. The summed E-state index contributed by atoms with van der Waals surface area (Å²) in [5.41, 5.74) is 5.79. The van der Waals surface area contributed by atoms with Crippen LogP contribution in [0.15, 0.2) is 0 Å². The van der Waals surface area contributed by atoms with Gasteiger partial charge in [0.1, 0.15) is 0 Å². The number of nitrogens with zero attached hydrogens (tertiary/aromatic N) is 1. The van der Waals surface area contributed by atoms with Crippen LogP contribution in [0.1, 0.15) is 40.0 Å². The summed E-state index contributed by atoms with van der Waals surface area (Å²) in [6.45, 7) is 7.37. The van der Waals surface area contributed by atoms with Crippen molar-refractivity contribution in [2.45, 2.75) is 46.1 Å². The van der Waals surface area contributed by atoms with Gasteiger partial charge >= 0.3 is 0 Å². The van der Waals surface area contributed by atoms with Gasteiger partial charge < -0.3 is 16.0 Å². The minimum atomic E-state index is -0.456. The van der Waals surface area contributed by atoms with Gasteiger partial charge in [0.2, 0.25) is 11.8 Å². The summed E-state index contributed by atoms with van der Waals surface area (Å²) in [7, 11) is 1.66. The average molecular weight is 306 g/mol. The van der Waals surface area contributed by atoms with Crippen molar-refractivity contribution in [1.29, 1.82) is 0 Å². The van der Waals surface area contributed by atoms with Gasteiger partial charge in [0.15, 0.2) is 0 Å². The molecule has 6 heteroatoms. The third-order valence-electron chi connectivity index (χ3n) is 3.88. The fourth-order valence-electron chi connectivity index (χ4n) is 2.29. The molecule has 1 fully saturated rings. The highest BCUT2D eigenvalue weighted by Crippen LogP contribution is 2.24. The number of carbonyl (C=O) groups is 2. The number of rotatable bonds is 3. The van der Waals surface area contributed by atoms with Crippen molar-refractivity contribution in [1.82, 2.24) is 10.2 Å². The van der Waals surface area contributed by atoms with E-state index in [-0.39, 0.29) is 29.6 Å². The Morgan fingerprint density at radius 2 is 1.80 bits per heavy atom. The summed E-state index contributed by atoms with van der Waals surface area (Å²) >= 11 is 0. The number of nitrogens with one attached hydrogen (secondary N) is 1. The minimum Gasteiger partial charge on any atom is -0.359 e. The SMILES string of the molecule is CNC(=O)CC1CCN(C(=O)[C@@H](N)C(C)(C)C)CC1.Cl. The van der Waals surface area contributed by atoms with Crippen LogP contribution in [0.5, 0.6) is 0 Å². The standard InChI is InChI=1S/C14H27N3O2.ClH/c1-14(2,3)12(15)13(19)17-7-5-10(6-8-17)9-11(18)16-4;/h10,12H,5-9,15H2,1-4H3,(H,16,18);1H/t12-;/m1./s1. The number of nitrogens with two attached hydrogens (primary N) is 1. The third-order valence-corrected chi connectivity index (χ3v) is 3.88. The number of amides is 2. The Bertz CT molecular complexity index is 334. The van der Waals surface area contributed by atoms with E-state index < -0.39 is 6.04 Å². The number of carbonyl (C=O) groups excluding carboxylic acids is 2. The molecule has 0 aromatic heterocycles. The number of likely N-dealkylation sites (tertiary alicyclic amines) is 1. The molecule has 1 heterocycles. The van der Waals surface area contributed by atoms with E-state index in [4.69, 9.17) is 5.73 Å². The fourth-order valence-corrected chi connectivity index (χ4v) is 2.29. The predicted molar refractivity (Wildman–Crippen MR) is 82.7 cm³/mol. The van der Waals surface area contributed by atoms with Crippen molar-refractivity contribution in [2.24, 2.45) is 17.1 Å². The predicted octanol–water partition coefficient (Wildman–Crippen LogP) is 1.16. The van der Waals surface area contributed by atoms with E-state index in [1.165, 1.54) is 0 Å². The molecule has 0 unspecified atom stereocenters. The molecular formula is C14H28ClN3O2. The molecule has 2 amide bonds. The topological polar surface area (TPSA) is 75.4 Å². The van der Waals surface area contributed by atoms with Crippen molar-refractivity contribution in [3.05, 3.63) is 0 Å². The summed E-state index contributed by atoms with van der Waals surface area (Å²) in [4.78, 5) is 25.4. The van der Waals surface area contributed by atoms with Crippen molar-refractivity contribution < 1.29 is 9.59 Å². The van der Waals surface area contributed by atoms with Crippen LogP contribution >= 0.6 is 12.4 Å². The van der Waals surface area contributed by atoms with E-state index in [0.717, 1.165) is 12.8 Å². The largest absolute Gasteiger partial charge is 0.359 e. The van der Waals surface area contributed by atoms with E-state index >= 15 is 0 Å². The van der Waals surface area contributed by atoms with Crippen LogP contribution in [0, 0.1) is 11.3 Å². The van der Waals surface area contributed by atoms with Crippen LogP contribution in [0.4, 0.5) is 0 Å². The second kappa shape index (κ2) is 7.84. The lowest BCUT2D eigenvalue weighted by Crippen LogP contribution is -2.52. The van der Waals surface area contributed by atoms with Crippen LogP contribution in [-0.2, 0) is 9.59 Å². The molecule has 1 saturated heterocycles. The van der Waals surface area contributed by atoms with Gasteiger partial charge in [0.25, 0.3) is 0 Å². The maximum Gasteiger partial charge on any atom is 0.240 e. The third kappa shape index (κ3) is 5.29. The molecule has 0 spiro atoms. The molecule has 1 aliphatic rings. The van der Waals surface area contributed by atoms with E-state index in [0.29, 0.717) is 25.4 Å². The van der Waals surface area contributed by atoms with Crippen molar-refractivity contribution in [3.8, 4) is 0 Å². The number of piperidine rings is 1. The number of halogens is 1. The summed E-state index contributed by atoms with van der Waals surface area (Å²) in [6, 6.07) is -0.456. The molecule has 0 saturated carbocycles. The lowest BCUT2D eigenvalue weighted by molar-refractivity contribution is -0.136. The van der Waals surface area contributed by atoms with Crippen molar-refractivity contribution in [3.63, 3.8) is 0 Å². The average Bonchev–Trinajstić information content (AvgIpc) is 2.36. The Hall–Kier alpha value is -0.810. The Balaban J connectivity index is 0.00000361. The van der Waals surface area contributed by atoms with E-state index in [2.05, 4.69) is 5.32 Å². The molecule has 0 radical (unpaired) electrons. The molecule has 1 aliphatic heterocycles. The molecule has 0 aliphatic carbocycles. The quantitative estimate of drug-likeness (QED) is 0.821. The molecule has 1 rings (SSSR count). The van der Waals surface area contributed by atoms with Gasteiger partial charge in [-0.25, -0.2) is 0 Å². The van der Waals surface area contributed by atoms with E-state index in [1.54, 1.807) is 7.05 Å². The van der Waals surface area contributed by atoms with Crippen LogP contribution in [-0.4, -0.2) is 42.9 Å². The maximum atomic E-state index is 12.3. The first kappa shape index (κ1) is 19.2. The normalized spacial score (nSPS) is 18.1. The second-order valence-corrected chi connectivity index (χ2v) is 6.49. The monoisotopic (exact) mass is 305 g/mol. The zero-order valence-corrected chi connectivity index (χ0v) is 13.8. The van der Waals surface area contributed by atoms with Crippen LogP contribution < -0.4 is 11.1 Å². The lowest BCUT2D eigenvalue weighted by atomic mass is 9.85. The van der Waals surface area contributed by atoms with Gasteiger partial charge in [0, 0.05) is 26.6 Å². The van der Waals surface area contributed by atoms with E-state index in [9.17, 15) is 9.59 Å². The molecule has 0 aromatic carbocycles. The smallest absolute Gasteiger partial charge is 0.240 e. The summed E-state index contributed by atoms with van der Waals surface area (Å²) in [5, 5.41) is 2.64. The lowest BCUT2D eigenvalue weighted by Gasteiger charge is -2.36. The molecule has 0 aromatic rings. The number of hydrogen-bond acceptors (Lipinski definition) is 3. The number of hydrogen-bond donors (Lipinski definition) is 2. The van der Waals surface area contributed by atoms with Crippen molar-refractivity contribution in [2.75, 3.05) is 20.1 Å². The second-order valence-electron chi connectivity index (χ2n) is 6.49. The summed E-state index contributed by atoms with van der Waals surface area (Å²) in [5.74, 6) is 0.497. The van der Waals surface area contributed by atoms with Crippen LogP contribution in [0.2, 0.25) is 0 Å². The van der Waals surface area contributed by atoms with Gasteiger partial charge in [0.05, 0.1) is 6.04 Å². The molecule has 1 atom stereocenters. The van der Waals surface area contributed by atoms with Crippen LogP contribution in [0.25, 0.3) is 0 Å². The zero-order valence-electron chi connectivity index (χ0n) is 12.9. The highest BCUT2D eigenvalue weighted by Gasteiger charge is 2.33. The van der Waals surface area contributed by atoms with E-state index in [1.807, 2.05) is 25.7 Å². The molecule has 3 N–H and O–H groups in total. The first-order valence-electron chi connectivity index (χ1n) is 7.00. The fraction of sp³-hybridized carbons (Fsp3) is 0.857. The molecule has 118 valence electrons. The van der Waals surface area contributed by atoms with Crippen molar-refractivity contribution >= 4 is 24.2 Å². The Morgan fingerprint density at radius 3 is 2.20 bits per heavy atom. The summed E-state index contributed by atoms with van der Waals surface area (Å²) < 4.78 is 0. The maximum absolute atomic E-state index is 12.3. The molecule has 5 nitrogen and oxygen atoms in total. The van der Waals surface area contributed by atoms with Gasteiger partial charge in [-0.1, -0.05) is 20.8 Å². The zero-order chi connectivity index (χ0) is 14.6. The van der Waals surface area contributed by atoms with Gasteiger partial charge in [-0.05, 0) is 24.2 Å². The highest BCUT2D eigenvalue weighted by molar-refractivity contribution is 5.85. The Morgan fingerprint density at radius 1 is 1.30 bits per heavy atom. The summed E-state index contributed by atoms with van der Waals surface area (Å²) in [6.07, 6.45) is 2.33. The highest BCUT2D eigenvalue weighted by atomic mass is 35.5. The molecule has 0 bridgehead atoms. The van der Waals surface area contributed by atoms with Gasteiger partial charge in [-0.3, -0.25) is 9.59 Å². The van der Waals surface area contributed by atoms with Gasteiger partial charge in [-0.15, -0.1) is 12.4 Å². The molecular weight excluding hydrogens is 278 g/mol.